The lowest BCUT2D eigenvalue weighted by Crippen LogP contribution is -2.38. The summed E-state index contributed by atoms with van der Waals surface area (Å²) in [5.41, 5.74) is 1.49. The molecule has 0 spiro atoms. The monoisotopic (exact) mass is 361 g/mol. The maximum Gasteiger partial charge on any atom is 0.338 e. The molecule has 0 aromatic carbocycles. The van der Waals surface area contributed by atoms with Crippen LogP contribution in [0, 0.1) is 6.92 Å². The van der Waals surface area contributed by atoms with Gasteiger partial charge in [-0.15, -0.1) is 11.3 Å². The minimum atomic E-state index is -0.963. The summed E-state index contributed by atoms with van der Waals surface area (Å²) in [7, 11) is 0. The molecule has 1 fully saturated rings. The van der Waals surface area contributed by atoms with Gasteiger partial charge >= 0.3 is 5.97 Å². The molecular formula is C18H23N3O3S. The molecule has 3 rings (SSSR count). The first-order valence-corrected chi connectivity index (χ1v) is 9.47. The minimum absolute atomic E-state index is 0.112. The van der Waals surface area contributed by atoms with Crippen molar-refractivity contribution in [2.24, 2.45) is 0 Å². The highest BCUT2D eigenvalue weighted by molar-refractivity contribution is 7.14. The van der Waals surface area contributed by atoms with Crippen molar-refractivity contribution >= 4 is 23.2 Å². The Morgan fingerprint density at radius 1 is 1.36 bits per heavy atom. The van der Waals surface area contributed by atoms with Crippen LogP contribution in [0.25, 0.3) is 0 Å². The summed E-state index contributed by atoms with van der Waals surface area (Å²) in [6, 6.07) is 2.20. The Bertz CT molecular complexity index is 772. The summed E-state index contributed by atoms with van der Waals surface area (Å²) >= 11 is 1.59. The molecule has 2 aromatic heterocycles. The molecule has 1 N–H and O–H groups in total. The van der Waals surface area contributed by atoms with Crippen molar-refractivity contribution in [1.82, 2.24) is 14.7 Å². The van der Waals surface area contributed by atoms with Crippen LogP contribution in [0.4, 0.5) is 0 Å². The van der Waals surface area contributed by atoms with Gasteiger partial charge in [0.05, 0.1) is 22.7 Å². The average Bonchev–Trinajstić information content (AvgIpc) is 3.23. The smallest absolute Gasteiger partial charge is 0.338 e. The van der Waals surface area contributed by atoms with Crippen LogP contribution < -0.4 is 0 Å². The third kappa shape index (κ3) is 3.76. The first-order valence-electron chi connectivity index (χ1n) is 8.65. The van der Waals surface area contributed by atoms with Crippen molar-refractivity contribution < 1.29 is 14.7 Å². The first-order chi connectivity index (χ1) is 12.0. The molecule has 0 aliphatic carbocycles. The fraction of sp³-hybridized carbons (Fsp3) is 0.500. The SMILES string of the molecule is CCCc1cc(C(=O)N2CCC(n3cc(C(=O)O)cn3)CC2)sc1C. The molecule has 0 unspecified atom stereocenters. The summed E-state index contributed by atoms with van der Waals surface area (Å²) in [6.45, 7) is 5.57. The number of likely N-dealkylation sites (tertiary alicyclic amines) is 1. The molecule has 3 heterocycles. The molecule has 0 saturated carbocycles. The van der Waals surface area contributed by atoms with E-state index in [1.54, 1.807) is 22.2 Å². The maximum absolute atomic E-state index is 12.7. The Balaban J connectivity index is 1.62. The second-order valence-electron chi connectivity index (χ2n) is 6.48. The number of aryl methyl sites for hydroxylation is 2. The van der Waals surface area contributed by atoms with Gasteiger partial charge in [-0.2, -0.15) is 5.10 Å². The zero-order chi connectivity index (χ0) is 18.0. The van der Waals surface area contributed by atoms with Gasteiger partial charge in [0.25, 0.3) is 5.91 Å². The van der Waals surface area contributed by atoms with Crippen LogP contribution in [0.2, 0.25) is 0 Å². The second kappa shape index (κ2) is 7.39. The number of amides is 1. The van der Waals surface area contributed by atoms with Crippen LogP contribution in [0.15, 0.2) is 18.5 Å². The molecule has 6 nitrogen and oxygen atoms in total. The van der Waals surface area contributed by atoms with Gasteiger partial charge in [-0.1, -0.05) is 13.3 Å². The lowest BCUT2D eigenvalue weighted by atomic mass is 10.0. The number of carbonyl (C=O) groups excluding carboxylic acids is 1. The average molecular weight is 361 g/mol. The van der Waals surface area contributed by atoms with Crippen LogP contribution in [0.5, 0.6) is 0 Å². The van der Waals surface area contributed by atoms with Gasteiger partial charge in [0.1, 0.15) is 0 Å². The quantitative estimate of drug-likeness (QED) is 0.886. The number of carboxylic acid groups (broad SMARTS) is 1. The molecule has 1 aliphatic rings. The summed E-state index contributed by atoms with van der Waals surface area (Å²) in [6.07, 6.45) is 6.63. The van der Waals surface area contributed by atoms with Crippen molar-refractivity contribution in [2.45, 2.75) is 45.6 Å². The van der Waals surface area contributed by atoms with E-state index in [2.05, 4.69) is 18.9 Å². The van der Waals surface area contributed by atoms with E-state index in [4.69, 9.17) is 5.11 Å². The van der Waals surface area contributed by atoms with E-state index in [-0.39, 0.29) is 17.5 Å². The molecule has 1 saturated heterocycles. The van der Waals surface area contributed by atoms with Gasteiger partial charge in [-0.25, -0.2) is 4.79 Å². The number of aromatic carboxylic acids is 1. The molecular weight excluding hydrogens is 338 g/mol. The van der Waals surface area contributed by atoms with E-state index in [0.29, 0.717) is 13.1 Å². The predicted octanol–water partition coefficient (Wildman–Crippen LogP) is 3.38. The summed E-state index contributed by atoms with van der Waals surface area (Å²) in [5, 5.41) is 13.2. The number of thiophene rings is 1. The Kier molecular flexibility index (Phi) is 5.22. The Morgan fingerprint density at radius 2 is 2.08 bits per heavy atom. The van der Waals surface area contributed by atoms with E-state index >= 15 is 0 Å². The lowest BCUT2D eigenvalue weighted by molar-refractivity contribution is 0.0691. The van der Waals surface area contributed by atoms with Gasteiger partial charge in [-0.05, 0) is 37.8 Å². The molecule has 0 bridgehead atoms. The van der Waals surface area contributed by atoms with Crippen molar-refractivity contribution in [1.29, 1.82) is 0 Å². The summed E-state index contributed by atoms with van der Waals surface area (Å²) in [5.74, 6) is -0.851. The van der Waals surface area contributed by atoms with Gasteiger partial charge in [0.2, 0.25) is 0 Å². The fourth-order valence-electron chi connectivity index (χ4n) is 3.28. The second-order valence-corrected chi connectivity index (χ2v) is 7.74. The van der Waals surface area contributed by atoms with Gasteiger partial charge < -0.3 is 10.0 Å². The van der Waals surface area contributed by atoms with Crippen LogP contribution >= 0.6 is 11.3 Å². The molecule has 134 valence electrons. The summed E-state index contributed by atoms with van der Waals surface area (Å²) in [4.78, 5) is 27.7. The predicted molar refractivity (Wildman–Crippen MR) is 96.4 cm³/mol. The van der Waals surface area contributed by atoms with Crippen LogP contribution in [-0.4, -0.2) is 44.8 Å². The fourth-order valence-corrected chi connectivity index (χ4v) is 4.32. The van der Waals surface area contributed by atoms with E-state index in [1.165, 1.54) is 16.6 Å². The van der Waals surface area contributed by atoms with Crippen molar-refractivity contribution in [2.75, 3.05) is 13.1 Å². The third-order valence-electron chi connectivity index (χ3n) is 4.72. The molecule has 7 heteroatoms. The van der Waals surface area contributed by atoms with E-state index in [9.17, 15) is 9.59 Å². The Hall–Kier alpha value is -2.15. The van der Waals surface area contributed by atoms with Crippen LogP contribution in [0.3, 0.4) is 0 Å². The molecule has 0 atom stereocenters. The standard InChI is InChI=1S/C18H23N3O3S/c1-3-4-13-9-16(25-12(13)2)17(22)20-7-5-15(6-8-20)21-11-14(10-19-21)18(23)24/h9-11,15H,3-8H2,1-2H3,(H,23,24). The number of carboxylic acids is 1. The van der Waals surface area contributed by atoms with E-state index in [1.807, 2.05) is 11.0 Å². The molecule has 1 aliphatic heterocycles. The first kappa shape index (κ1) is 17.7. The Labute approximate surface area is 151 Å². The summed E-state index contributed by atoms with van der Waals surface area (Å²) < 4.78 is 1.72. The van der Waals surface area contributed by atoms with E-state index in [0.717, 1.165) is 30.6 Å². The van der Waals surface area contributed by atoms with Crippen molar-refractivity contribution in [3.8, 4) is 0 Å². The largest absolute Gasteiger partial charge is 0.478 e. The topological polar surface area (TPSA) is 75.4 Å². The number of hydrogen-bond donors (Lipinski definition) is 1. The van der Waals surface area contributed by atoms with Crippen LogP contribution in [0.1, 0.15) is 62.7 Å². The number of aromatic nitrogens is 2. The minimum Gasteiger partial charge on any atom is -0.478 e. The van der Waals surface area contributed by atoms with Gasteiger partial charge in [0.15, 0.2) is 0 Å². The molecule has 25 heavy (non-hydrogen) atoms. The zero-order valence-corrected chi connectivity index (χ0v) is 15.4. The number of piperidine rings is 1. The van der Waals surface area contributed by atoms with Crippen molar-refractivity contribution in [3.63, 3.8) is 0 Å². The number of hydrogen-bond acceptors (Lipinski definition) is 4. The number of nitrogens with zero attached hydrogens (tertiary/aromatic N) is 3. The lowest BCUT2D eigenvalue weighted by Gasteiger charge is -2.31. The van der Waals surface area contributed by atoms with Gasteiger partial charge in [-0.3, -0.25) is 9.48 Å². The van der Waals surface area contributed by atoms with Crippen molar-refractivity contribution in [3.05, 3.63) is 39.3 Å². The maximum atomic E-state index is 12.7. The molecule has 1 amide bonds. The van der Waals surface area contributed by atoms with Crippen LogP contribution in [-0.2, 0) is 6.42 Å². The highest BCUT2D eigenvalue weighted by Gasteiger charge is 2.26. The Morgan fingerprint density at radius 3 is 2.68 bits per heavy atom. The zero-order valence-electron chi connectivity index (χ0n) is 14.6. The van der Waals surface area contributed by atoms with E-state index < -0.39 is 5.97 Å². The molecule has 2 aromatic rings. The number of rotatable bonds is 5. The highest BCUT2D eigenvalue weighted by Crippen LogP contribution is 2.27. The number of carbonyl (C=O) groups is 2. The normalized spacial score (nSPS) is 15.5. The highest BCUT2D eigenvalue weighted by atomic mass is 32.1. The third-order valence-corrected chi connectivity index (χ3v) is 5.81. The van der Waals surface area contributed by atoms with Gasteiger partial charge in [0, 0.05) is 24.2 Å². The molecule has 0 radical (unpaired) electrons.